The molecular weight excluding hydrogens is 290 g/mol. The van der Waals surface area contributed by atoms with Crippen molar-refractivity contribution < 1.29 is 8.42 Å². The normalized spacial score (nSPS) is 13.0. The molecule has 2 rings (SSSR count). The molecule has 8 heteroatoms. The van der Waals surface area contributed by atoms with Gasteiger partial charge in [0.15, 0.2) is 5.03 Å². The van der Waals surface area contributed by atoms with Crippen LogP contribution in [0.2, 0.25) is 0 Å². The lowest BCUT2D eigenvalue weighted by molar-refractivity contribution is 0.573. The highest BCUT2D eigenvalue weighted by Gasteiger charge is 2.25. The quantitative estimate of drug-likeness (QED) is 0.557. The fraction of sp³-hybridized carbons (Fsp3) is 0.231. The largest absolute Gasteiger partial charge is 0.386 e. The van der Waals surface area contributed by atoms with Crippen molar-refractivity contribution in [2.24, 2.45) is 12.8 Å². The number of aromatic nitrogens is 2. The van der Waals surface area contributed by atoms with Crippen LogP contribution in [0.25, 0.3) is 0 Å². The van der Waals surface area contributed by atoms with Crippen LogP contribution < -0.4 is 10.5 Å². The molecule has 0 spiro atoms. The third-order valence-electron chi connectivity index (χ3n) is 3.08. The summed E-state index contributed by atoms with van der Waals surface area (Å²) in [5.74, 6) is 0.298. The minimum Gasteiger partial charge on any atom is -0.386 e. The summed E-state index contributed by atoms with van der Waals surface area (Å²) in [6, 6.07) is 7.81. The number of nitrogens with zero attached hydrogens (tertiary/aromatic N) is 2. The molecular formula is C13H17N5O2S. The van der Waals surface area contributed by atoms with E-state index in [4.69, 9.17) is 11.1 Å². The Kier molecular flexibility index (Phi) is 4.10. The number of aryl methyl sites for hydroxylation is 2. The molecule has 2 aromatic rings. The van der Waals surface area contributed by atoms with Crippen LogP contribution in [0.5, 0.6) is 0 Å². The van der Waals surface area contributed by atoms with Gasteiger partial charge in [0.1, 0.15) is 17.7 Å². The van der Waals surface area contributed by atoms with Crippen molar-refractivity contribution in [3.63, 3.8) is 0 Å². The molecule has 4 N–H and O–H groups in total. The van der Waals surface area contributed by atoms with Crippen molar-refractivity contribution >= 4 is 15.9 Å². The molecule has 1 aromatic heterocycles. The molecule has 0 amide bonds. The van der Waals surface area contributed by atoms with Gasteiger partial charge in [0.05, 0.1) is 0 Å². The number of amidine groups is 1. The zero-order valence-electron chi connectivity index (χ0n) is 11.7. The maximum atomic E-state index is 12.3. The van der Waals surface area contributed by atoms with E-state index in [1.807, 2.05) is 0 Å². The maximum Gasteiger partial charge on any atom is 0.260 e. The molecule has 1 atom stereocenters. The first-order chi connectivity index (χ1) is 9.81. The average Bonchev–Trinajstić information content (AvgIpc) is 2.78. The van der Waals surface area contributed by atoms with Crippen molar-refractivity contribution in [3.05, 3.63) is 47.9 Å². The number of sulfonamides is 1. The zero-order valence-corrected chi connectivity index (χ0v) is 12.6. The SMILES string of the molecule is Cc1nc(S(=O)(=O)NC(C(=N)N)c2ccccc2)cn1C. The predicted octanol–water partition coefficient (Wildman–Crippen LogP) is 0.684. The maximum absolute atomic E-state index is 12.3. The number of hydrogen-bond acceptors (Lipinski definition) is 4. The van der Waals surface area contributed by atoms with Crippen LogP contribution in [0, 0.1) is 12.3 Å². The molecule has 1 unspecified atom stereocenters. The fourth-order valence-electron chi connectivity index (χ4n) is 1.83. The highest BCUT2D eigenvalue weighted by Crippen LogP contribution is 2.16. The van der Waals surface area contributed by atoms with Crippen molar-refractivity contribution in [1.29, 1.82) is 5.41 Å². The van der Waals surface area contributed by atoms with Crippen LogP contribution in [0.3, 0.4) is 0 Å². The predicted molar refractivity (Wildman–Crippen MR) is 79.4 cm³/mol. The Hall–Kier alpha value is -2.19. The van der Waals surface area contributed by atoms with Crippen LogP contribution in [0.15, 0.2) is 41.6 Å². The monoisotopic (exact) mass is 307 g/mol. The third kappa shape index (κ3) is 3.29. The minimum atomic E-state index is -3.86. The second kappa shape index (κ2) is 5.66. The first kappa shape index (κ1) is 15.2. The Morgan fingerprint density at radius 3 is 2.48 bits per heavy atom. The van der Waals surface area contributed by atoms with Gasteiger partial charge in [-0.1, -0.05) is 30.3 Å². The van der Waals surface area contributed by atoms with Crippen LogP contribution in [-0.2, 0) is 17.1 Å². The van der Waals surface area contributed by atoms with Crippen molar-refractivity contribution in [3.8, 4) is 0 Å². The number of nitrogens with two attached hydrogens (primary N) is 1. The lowest BCUT2D eigenvalue weighted by atomic mass is 10.1. The van der Waals surface area contributed by atoms with E-state index in [1.165, 1.54) is 6.20 Å². The second-order valence-electron chi connectivity index (χ2n) is 4.66. The molecule has 1 aromatic carbocycles. The van der Waals surface area contributed by atoms with Crippen LogP contribution in [-0.4, -0.2) is 23.8 Å². The summed E-state index contributed by atoms with van der Waals surface area (Å²) in [4.78, 5) is 3.99. The van der Waals surface area contributed by atoms with E-state index in [-0.39, 0.29) is 10.9 Å². The highest BCUT2D eigenvalue weighted by molar-refractivity contribution is 7.89. The standard InChI is InChI=1S/C13H17N5O2S/c1-9-16-11(8-18(9)2)21(19,20)17-12(13(14)15)10-6-4-3-5-7-10/h3-8,12,17H,1-2H3,(H3,14,15). The number of imidazole rings is 1. The van der Waals surface area contributed by atoms with Gasteiger partial charge >= 0.3 is 0 Å². The second-order valence-corrected chi connectivity index (χ2v) is 6.32. The van der Waals surface area contributed by atoms with Crippen molar-refractivity contribution in [2.45, 2.75) is 18.0 Å². The van der Waals surface area contributed by atoms with E-state index in [2.05, 4.69) is 9.71 Å². The van der Waals surface area contributed by atoms with Crippen molar-refractivity contribution in [2.75, 3.05) is 0 Å². The summed E-state index contributed by atoms with van der Waals surface area (Å²) in [7, 11) is -2.15. The Morgan fingerprint density at radius 2 is 2.00 bits per heavy atom. The van der Waals surface area contributed by atoms with Crippen LogP contribution in [0.4, 0.5) is 0 Å². The topological polar surface area (TPSA) is 114 Å². The third-order valence-corrected chi connectivity index (χ3v) is 4.37. The summed E-state index contributed by atoms with van der Waals surface area (Å²) in [5.41, 5.74) is 6.12. The van der Waals surface area contributed by atoms with Crippen LogP contribution >= 0.6 is 0 Å². The van der Waals surface area contributed by atoms with E-state index < -0.39 is 16.1 Å². The van der Waals surface area contributed by atoms with Gasteiger partial charge in [0.25, 0.3) is 10.0 Å². The Bertz CT molecular complexity index is 733. The number of nitrogens with one attached hydrogen (secondary N) is 2. The molecule has 21 heavy (non-hydrogen) atoms. The van der Waals surface area contributed by atoms with E-state index in [9.17, 15) is 8.42 Å². The van der Waals surface area contributed by atoms with Crippen molar-refractivity contribution in [1.82, 2.24) is 14.3 Å². The summed E-state index contributed by atoms with van der Waals surface area (Å²) in [5, 5.41) is 7.51. The number of rotatable bonds is 5. The van der Waals surface area contributed by atoms with Crippen LogP contribution in [0.1, 0.15) is 17.4 Å². The van der Waals surface area contributed by atoms with Gasteiger partial charge in [-0.05, 0) is 12.5 Å². The molecule has 0 saturated heterocycles. The molecule has 0 aliphatic carbocycles. The molecule has 0 radical (unpaired) electrons. The number of hydrogen-bond donors (Lipinski definition) is 3. The lowest BCUT2D eigenvalue weighted by Crippen LogP contribution is -2.37. The first-order valence-electron chi connectivity index (χ1n) is 6.22. The number of benzene rings is 1. The molecule has 0 aliphatic rings. The Morgan fingerprint density at radius 1 is 1.38 bits per heavy atom. The van der Waals surface area contributed by atoms with E-state index >= 15 is 0 Å². The smallest absolute Gasteiger partial charge is 0.260 e. The summed E-state index contributed by atoms with van der Waals surface area (Å²) < 4.78 is 28.7. The average molecular weight is 307 g/mol. The zero-order chi connectivity index (χ0) is 15.6. The molecule has 0 aliphatic heterocycles. The lowest BCUT2D eigenvalue weighted by Gasteiger charge is -2.16. The molecule has 1 heterocycles. The summed E-state index contributed by atoms with van der Waals surface area (Å²) >= 11 is 0. The Labute approximate surface area is 123 Å². The van der Waals surface area contributed by atoms with Gasteiger partial charge in [-0.3, -0.25) is 5.41 Å². The molecule has 112 valence electrons. The molecule has 0 bridgehead atoms. The van der Waals surface area contributed by atoms with Gasteiger partial charge in [-0.15, -0.1) is 0 Å². The van der Waals surface area contributed by atoms with E-state index in [0.29, 0.717) is 11.4 Å². The minimum absolute atomic E-state index is 0.0929. The van der Waals surface area contributed by atoms with Gasteiger partial charge in [0, 0.05) is 13.2 Å². The summed E-state index contributed by atoms with van der Waals surface area (Å²) in [6.45, 7) is 1.71. The first-order valence-corrected chi connectivity index (χ1v) is 7.71. The Balaban J connectivity index is 2.35. The molecule has 0 fully saturated rings. The van der Waals surface area contributed by atoms with Gasteiger partial charge in [0.2, 0.25) is 0 Å². The highest BCUT2D eigenvalue weighted by atomic mass is 32.2. The summed E-state index contributed by atoms with van der Waals surface area (Å²) in [6.07, 6.45) is 1.42. The van der Waals surface area contributed by atoms with E-state index in [1.54, 1.807) is 48.9 Å². The van der Waals surface area contributed by atoms with E-state index in [0.717, 1.165) is 0 Å². The van der Waals surface area contributed by atoms with Gasteiger partial charge in [-0.2, -0.15) is 4.72 Å². The van der Waals surface area contributed by atoms with Gasteiger partial charge < -0.3 is 10.3 Å². The molecule has 7 nitrogen and oxygen atoms in total. The fourth-order valence-corrected chi connectivity index (χ4v) is 3.07. The van der Waals surface area contributed by atoms with Gasteiger partial charge in [-0.25, -0.2) is 13.4 Å². The molecule has 0 saturated carbocycles.